The van der Waals surface area contributed by atoms with Crippen LogP contribution >= 0.6 is 31.9 Å². The Morgan fingerprint density at radius 1 is 1.13 bits per heavy atom. The molecule has 1 fully saturated rings. The number of hydrogen-bond acceptors (Lipinski definition) is 4. The van der Waals surface area contributed by atoms with Gasteiger partial charge in [-0.1, -0.05) is 44.2 Å². The van der Waals surface area contributed by atoms with Gasteiger partial charge in [-0.05, 0) is 61.4 Å². The minimum Gasteiger partial charge on any atom is -0.446 e. The number of halogens is 5. The molecule has 1 aromatic carbocycles. The van der Waals surface area contributed by atoms with Gasteiger partial charge >= 0.3 is 12.1 Å². The smallest absolute Gasteiger partial charge is 0.431 e. The zero-order valence-electron chi connectivity index (χ0n) is 16.0. The van der Waals surface area contributed by atoms with Gasteiger partial charge in [-0.2, -0.15) is 13.2 Å². The van der Waals surface area contributed by atoms with E-state index in [0.29, 0.717) is 9.14 Å². The van der Waals surface area contributed by atoms with E-state index in [2.05, 4.69) is 36.8 Å². The molecule has 3 rings (SSSR count). The third-order valence-corrected chi connectivity index (χ3v) is 5.51. The number of nitrogens with zero attached hydrogens (tertiary/aromatic N) is 1. The first-order chi connectivity index (χ1) is 14.0. The SMILES string of the molecule is CC1(C)[C@H](C(=O)O[C@@H](c2cccc(Oc3ccccc3)n2)C(F)(F)F)[C@@H]1C=C(Br)Br. The Bertz CT molecular complexity index is 944. The topological polar surface area (TPSA) is 48.4 Å². The van der Waals surface area contributed by atoms with Crippen LogP contribution in [0.15, 0.2) is 58.0 Å². The van der Waals surface area contributed by atoms with E-state index in [1.165, 1.54) is 12.1 Å². The van der Waals surface area contributed by atoms with E-state index in [0.717, 1.165) is 6.07 Å². The molecule has 30 heavy (non-hydrogen) atoms. The van der Waals surface area contributed by atoms with Gasteiger partial charge in [0.15, 0.2) is 0 Å². The van der Waals surface area contributed by atoms with Crippen molar-refractivity contribution in [1.29, 1.82) is 0 Å². The molecule has 160 valence electrons. The highest BCUT2D eigenvalue weighted by Gasteiger charge is 2.62. The fraction of sp³-hybridized carbons (Fsp3) is 0.333. The molecule has 2 aromatic rings. The summed E-state index contributed by atoms with van der Waals surface area (Å²) in [5.41, 5.74) is -0.956. The van der Waals surface area contributed by atoms with Crippen molar-refractivity contribution in [2.75, 3.05) is 0 Å². The van der Waals surface area contributed by atoms with Crippen LogP contribution in [0.1, 0.15) is 25.6 Å². The Balaban J connectivity index is 1.81. The summed E-state index contributed by atoms with van der Waals surface area (Å²) < 4.78 is 52.2. The van der Waals surface area contributed by atoms with Crippen LogP contribution in [0.25, 0.3) is 0 Å². The van der Waals surface area contributed by atoms with Gasteiger partial charge in [-0.25, -0.2) is 4.98 Å². The highest BCUT2D eigenvalue weighted by Crippen LogP contribution is 2.60. The molecule has 0 radical (unpaired) electrons. The number of carbonyl (C=O) groups excluding carboxylic acids is 1. The van der Waals surface area contributed by atoms with Crippen molar-refractivity contribution in [3.05, 3.63) is 63.7 Å². The minimum absolute atomic E-state index is 0.0280. The van der Waals surface area contributed by atoms with Crippen LogP contribution in [-0.2, 0) is 9.53 Å². The minimum atomic E-state index is -4.82. The molecule has 1 heterocycles. The van der Waals surface area contributed by atoms with Crippen LogP contribution in [0.5, 0.6) is 11.6 Å². The van der Waals surface area contributed by atoms with Gasteiger partial charge < -0.3 is 9.47 Å². The van der Waals surface area contributed by atoms with E-state index < -0.39 is 35.3 Å². The Morgan fingerprint density at radius 3 is 2.40 bits per heavy atom. The molecule has 0 amide bonds. The number of esters is 1. The quantitative estimate of drug-likeness (QED) is 0.367. The number of benzene rings is 1. The van der Waals surface area contributed by atoms with Gasteiger partial charge in [-0.3, -0.25) is 4.79 Å². The maximum absolute atomic E-state index is 13.7. The molecule has 3 atom stereocenters. The van der Waals surface area contributed by atoms with Gasteiger partial charge in [0.25, 0.3) is 0 Å². The maximum atomic E-state index is 13.7. The summed E-state index contributed by atoms with van der Waals surface area (Å²) >= 11 is 6.44. The third kappa shape index (κ3) is 5.24. The summed E-state index contributed by atoms with van der Waals surface area (Å²) in [6, 6.07) is 12.5. The van der Waals surface area contributed by atoms with Gasteiger partial charge in [-0.15, -0.1) is 0 Å². The lowest BCUT2D eigenvalue weighted by molar-refractivity contribution is -0.226. The number of aromatic nitrogens is 1. The van der Waals surface area contributed by atoms with Gasteiger partial charge in [0.2, 0.25) is 12.0 Å². The van der Waals surface area contributed by atoms with E-state index in [1.54, 1.807) is 50.3 Å². The average Bonchev–Trinajstić information content (AvgIpc) is 3.19. The molecule has 1 aromatic heterocycles. The molecule has 0 bridgehead atoms. The largest absolute Gasteiger partial charge is 0.446 e. The zero-order valence-corrected chi connectivity index (χ0v) is 19.2. The Labute approximate surface area is 188 Å². The summed E-state index contributed by atoms with van der Waals surface area (Å²) in [5, 5.41) is 0. The van der Waals surface area contributed by atoms with E-state index in [4.69, 9.17) is 9.47 Å². The molecule has 4 nitrogen and oxygen atoms in total. The molecule has 1 aliphatic rings. The maximum Gasteiger partial charge on any atom is 0.431 e. The van der Waals surface area contributed by atoms with Gasteiger partial charge in [0.05, 0.1) is 15.0 Å². The molecule has 0 unspecified atom stereocenters. The van der Waals surface area contributed by atoms with Crippen molar-refractivity contribution in [3.8, 4) is 11.6 Å². The van der Waals surface area contributed by atoms with Crippen LogP contribution in [0.3, 0.4) is 0 Å². The van der Waals surface area contributed by atoms with Crippen LogP contribution in [0.2, 0.25) is 0 Å². The van der Waals surface area contributed by atoms with Gasteiger partial charge in [0, 0.05) is 6.07 Å². The van der Waals surface area contributed by atoms with Crippen molar-refractivity contribution in [3.63, 3.8) is 0 Å². The molecule has 0 saturated heterocycles. The Kier molecular flexibility index (Phi) is 6.62. The van der Waals surface area contributed by atoms with Crippen molar-refractivity contribution in [1.82, 2.24) is 4.98 Å². The van der Waals surface area contributed by atoms with Crippen LogP contribution in [0.4, 0.5) is 13.2 Å². The predicted octanol–water partition coefficient (Wildman–Crippen LogP) is 6.92. The summed E-state index contributed by atoms with van der Waals surface area (Å²) in [7, 11) is 0. The highest BCUT2D eigenvalue weighted by atomic mass is 79.9. The molecule has 0 N–H and O–H groups in total. The summed E-state index contributed by atoms with van der Waals surface area (Å²) in [5.74, 6) is -1.44. The standard InChI is InChI=1S/C21H18Br2F3NO3/c1-20(2)13(11-15(22)23)17(20)19(28)30-18(21(24,25)26)14-9-6-10-16(27-14)29-12-7-4-3-5-8-12/h3-11,13,17-18H,1-2H3/t13-,17-,18-/m0/s1. The lowest BCUT2D eigenvalue weighted by Crippen LogP contribution is -2.28. The number of carbonyl (C=O) groups is 1. The van der Waals surface area contributed by atoms with Crippen LogP contribution in [0, 0.1) is 17.3 Å². The fourth-order valence-electron chi connectivity index (χ4n) is 3.30. The summed E-state index contributed by atoms with van der Waals surface area (Å²) in [4.78, 5) is 16.5. The van der Waals surface area contributed by atoms with Crippen molar-refractivity contribution < 1.29 is 27.4 Å². The molecular weight excluding hydrogens is 531 g/mol. The highest BCUT2D eigenvalue weighted by molar-refractivity contribution is 9.28. The normalized spacial score (nSPS) is 20.8. The van der Waals surface area contributed by atoms with E-state index >= 15 is 0 Å². The average molecular weight is 549 g/mol. The Morgan fingerprint density at radius 2 is 1.80 bits per heavy atom. The molecule has 1 saturated carbocycles. The van der Waals surface area contributed by atoms with Crippen molar-refractivity contribution in [2.45, 2.75) is 26.1 Å². The zero-order chi connectivity index (χ0) is 22.1. The first-order valence-electron chi connectivity index (χ1n) is 9.00. The first-order valence-corrected chi connectivity index (χ1v) is 10.6. The number of pyridine rings is 1. The van der Waals surface area contributed by atoms with E-state index in [9.17, 15) is 18.0 Å². The lowest BCUT2D eigenvalue weighted by atomic mass is 10.1. The summed E-state index contributed by atoms with van der Waals surface area (Å²) in [6.45, 7) is 3.61. The second-order valence-corrected chi connectivity index (χ2v) is 10.2. The number of allylic oxidation sites excluding steroid dienone is 1. The number of alkyl halides is 3. The molecule has 9 heteroatoms. The number of para-hydroxylation sites is 1. The lowest BCUT2D eigenvalue weighted by Gasteiger charge is -2.21. The van der Waals surface area contributed by atoms with E-state index in [1.807, 2.05) is 0 Å². The van der Waals surface area contributed by atoms with Crippen molar-refractivity contribution >= 4 is 37.8 Å². The van der Waals surface area contributed by atoms with Crippen LogP contribution < -0.4 is 4.74 Å². The second-order valence-electron chi connectivity index (χ2n) is 7.46. The number of rotatable bonds is 6. The molecule has 1 aliphatic carbocycles. The van der Waals surface area contributed by atoms with E-state index in [-0.39, 0.29) is 11.8 Å². The first kappa shape index (κ1) is 22.8. The number of hydrogen-bond donors (Lipinski definition) is 0. The van der Waals surface area contributed by atoms with Crippen molar-refractivity contribution in [2.24, 2.45) is 17.3 Å². The molecule has 0 spiro atoms. The molecular formula is C21H18Br2F3NO3. The fourth-order valence-corrected chi connectivity index (χ4v) is 3.87. The monoisotopic (exact) mass is 547 g/mol. The molecule has 0 aliphatic heterocycles. The third-order valence-electron chi connectivity index (χ3n) is 4.98. The number of ether oxygens (including phenoxy) is 2. The predicted molar refractivity (Wildman–Crippen MR) is 112 cm³/mol. The second kappa shape index (κ2) is 8.70. The van der Waals surface area contributed by atoms with Gasteiger partial charge in [0.1, 0.15) is 5.75 Å². The van der Waals surface area contributed by atoms with Crippen LogP contribution in [-0.4, -0.2) is 17.1 Å². The Hall–Kier alpha value is -1.87. The summed E-state index contributed by atoms with van der Waals surface area (Å²) in [6.07, 6.45) is -5.58.